The Kier molecular flexibility index (Phi) is 4.00. The van der Waals surface area contributed by atoms with E-state index in [0.29, 0.717) is 13.0 Å². The van der Waals surface area contributed by atoms with Crippen LogP contribution in [0.1, 0.15) is 20.3 Å². The van der Waals surface area contributed by atoms with E-state index in [1.165, 1.54) is 15.9 Å². The summed E-state index contributed by atoms with van der Waals surface area (Å²) in [4.78, 5) is 27.4. The Morgan fingerprint density at radius 1 is 1.43 bits per heavy atom. The van der Waals surface area contributed by atoms with Crippen LogP contribution in [0, 0.1) is 5.82 Å². The summed E-state index contributed by atoms with van der Waals surface area (Å²) in [7, 11) is 1.56. The molecule has 1 fully saturated rings. The molecule has 1 unspecified atom stereocenters. The molecule has 1 aromatic carbocycles. The molecule has 1 aliphatic rings. The minimum absolute atomic E-state index is 0.248. The molecule has 21 heavy (non-hydrogen) atoms. The first-order chi connectivity index (χ1) is 9.73. The van der Waals surface area contributed by atoms with Crippen LogP contribution in [0.4, 0.5) is 10.1 Å². The fourth-order valence-electron chi connectivity index (χ4n) is 2.53. The number of amides is 2. The molecule has 0 bridgehead atoms. The van der Waals surface area contributed by atoms with E-state index in [-0.39, 0.29) is 17.5 Å². The van der Waals surface area contributed by atoms with Crippen LogP contribution >= 0.6 is 0 Å². The van der Waals surface area contributed by atoms with Gasteiger partial charge in [-0.25, -0.2) is 4.39 Å². The van der Waals surface area contributed by atoms with Crippen molar-refractivity contribution in [3.05, 3.63) is 30.1 Å². The average molecular weight is 293 g/mol. The largest absolute Gasteiger partial charge is 0.332 e. The number of para-hydroxylation sites is 1. The van der Waals surface area contributed by atoms with Crippen molar-refractivity contribution in [3.63, 3.8) is 0 Å². The fourth-order valence-corrected chi connectivity index (χ4v) is 2.53. The molecule has 6 heteroatoms. The van der Waals surface area contributed by atoms with Crippen molar-refractivity contribution in [2.75, 3.05) is 18.5 Å². The summed E-state index contributed by atoms with van der Waals surface area (Å²) >= 11 is 0. The number of nitrogens with two attached hydrogens (primary N) is 1. The topological polar surface area (TPSA) is 66.6 Å². The van der Waals surface area contributed by atoms with Crippen LogP contribution in [-0.2, 0) is 9.59 Å². The maximum Gasteiger partial charge on any atom is 0.249 e. The second kappa shape index (κ2) is 5.44. The molecule has 1 atom stereocenters. The molecule has 2 amide bonds. The van der Waals surface area contributed by atoms with Gasteiger partial charge in [0.2, 0.25) is 11.8 Å². The molecule has 0 aliphatic carbocycles. The maximum atomic E-state index is 13.8. The molecule has 1 saturated heterocycles. The number of likely N-dealkylation sites (N-methyl/N-ethyl adjacent to an activating group) is 1. The lowest BCUT2D eigenvalue weighted by Gasteiger charge is -2.29. The number of hydrogen-bond acceptors (Lipinski definition) is 3. The first-order valence-corrected chi connectivity index (χ1v) is 6.85. The van der Waals surface area contributed by atoms with Gasteiger partial charge in [0.25, 0.3) is 0 Å². The van der Waals surface area contributed by atoms with Crippen LogP contribution in [0.25, 0.3) is 0 Å². The van der Waals surface area contributed by atoms with Crippen LogP contribution in [0.15, 0.2) is 24.3 Å². The quantitative estimate of drug-likeness (QED) is 0.908. The third-order valence-corrected chi connectivity index (χ3v) is 3.66. The molecule has 0 aromatic heterocycles. The van der Waals surface area contributed by atoms with Crippen LogP contribution in [-0.4, -0.2) is 41.9 Å². The van der Waals surface area contributed by atoms with Crippen molar-refractivity contribution in [2.24, 2.45) is 5.73 Å². The molecular weight excluding hydrogens is 273 g/mol. The van der Waals surface area contributed by atoms with Gasteiger partial charge in [0.05, 0.1) is 11.2 Å². The highest BCUT2D eigenvalue weighted by Crippen LogP contribution is 2.26. The Bertz CT molecular complexity index is 568. The molecule has 0 saturated carbocycles. The molecule has 0 radical (unpaired) electrons. The lowest BCUT2D eigenvalue weighted by atomic mass is 10.0. The van der Waals surface area contributed by atoms with Crippen molar-refractivity contribution in [1.82, 2.24) is 4.90 Å². The van der Waals surface area contributed by atoms with Gasteiger partial charge in [0, 0.05) is 13.6 Å². The summed E-state index contributed by atoms with van der Waals surface area (Å²) in [5.74, 6) is -1.03. The van der Waals surface area contributed by atoms with Crippen molar-refractivity contribution in [2.45, 2.75) is 31.8 Å². The summed E-state index contributed by atoms with van der Waals surface area (Å²) in [5, 5.41) is 0. The molecular formula is C15H20FN3O2. The van der Waals surface area contributed by atoms with E-state index < -0.39 is 17.4 Å². The molecule has 2 N–H and O–H groups in total. The zero-order valence-corrected chi connectivity index (χ0v) is 12.5. The second-order valence-corrected chi connectivity index (χ2v) is 5.88. The second-order valence-electron chi connectivity index (χ2n) is 5.88. The molecule has 1 aliphatic heterocycles. The van der Waals surface area contributed by atoms with Gasteiger partial charge < -0.3 is 15.5 Å². The van der Waals surface area contributed by atoms with E-state index in [2.05, 4.69) is 0 Å². The highest BCUT2D eigenvalue weighted by molar-refractivity contribution is 6.02. The fraction of sp³-hybridized carbons (Fsp3) is 0.467. The zero-order chi connectivity index (χ0) is 15.8. The number of carbonyl (C=O) groups is 2. The zero-order valence-electron chi connectivity index (χ0n) is 12.5. The SMILES string of the molecule is CN(C(=O)C(C)(C)N)C1CCN(c2ccccc2F)C1=O. The highest BCUT2D eigenvalue weighted by Gasteiger charge is 2.40. The van der Waals surface area contributed by atoms with Gasteiger partial charge in [-0.05, 0) is 32.4 Å². The monoisotopic (exact) mass is 293 g/mol. The lowest BCUT2D eigenvalue weighted by molar-refractivity contribution is -0.140. The molecule has 2 rings (SSSR count). The van der Waals surface area contributed by atoms with Crippen LogP contribution < -0.4 is 10.6 Å². The minimum atomic E-state index is -1.04. The molecule has 114 valence electrons. The van der Waals surface area contributed by atoms with E-state index >= 15 is 0 Å². The summed E-state index contributed by atoms with van der Waals surface area (Å²) in [6.45, 7) is 3.58. The summed E-state index contributed by atoms with van der Waals surface area (Å²) in [6.07, 6.45) is 0.464. The first kappa shape index (κ1) is 15.4. The van der Waals surface area contributed by atoms with Gasteiger partial charge >= 0.3 is 0 Å². The van der Waals surface area contributed by atoms with Crippen molar-refractivity contribution < 1.29 is 14.0 Å². The number of rotatable bonds is 3. The summed E-state index contributed by atoms with van der Waals surface area (Å²) < 4.78 is 13.8. The Morgan fingerprint density at radius 3 is 2.62 bits per heavy atom. The Hall–Kier alpha value is -1.95. The number of anilines is 1. The van der Waals surface area contributed by atoms with Crippen molar-refractivity contribution >= 4 is 17.5 Å². The molecule has 1 aromatic rings. The number of nitrogens with zero attached hydrogens (tertiary/aromatic N) is 2. The maximum absolute atomic E-state index is 13.8. The van der Waals surface area contributed by atoms with Crippen molar-refractivity contribution in [3.8, 4) is 0 Å². The summed E-state index contributed by atoms with van der Waals surface area (Å²) in [6, 6.07) is 5.53. The number of benzene rings is 1. The number of carbonyl (C=O) groups excluding carboxylic acids is 2. The van der Waals surface area contributed by atoms with E-state index in [4.69, 9.17) is 5.73 Å². The standard InChI is InChI=1S/C15H20FN3O2/c1-15(2,17)14(21)18(3)12-8-9-19(13(12)20)11-7-5-4-6-10(11)16/h4-7,12H,8-9,17H2,1-3H3. The summed E-state index contributed by atoms with van der Waals surface area (Å²) in [5.41, 5.74) is 4.99. The smallest absolute Gasteiger partial charge is 0.249 e. The van der Waals surface area contributed by atoms with Gasteiger partial charge in [0.15, 0.2) is 0 Å². The minimum Gasteiger partial charge on any atom is -0.332 e. The lowest BCUT2D eigenvalue weighted by Crippen LogP contribution is -2.54. The normalized spacial score (nSPS) is 19.0. The number of halogens is 1. The van der Waals surface area contributed by atoms with E-state index in [0.717, 1.165) is 0 Å². The Morgan fingerprint density at radius 2 is 2.05 bits per heavy atom. The van der Waals surface area contributed by atoms with Crippen molar-refractivity contribution in [1.29, 1.82) is 0 Å². The van der Waals surface area contributed by atoms with E-state index in [1.807, 2.05) is 0 Å². The third kappa shape index (κ3) is 2.90. The van der Waals surface area contributed by atoms with Gasteiger partial charge in [-0.1, -0.05) is 12.1 Å². The average Bonchev–Trinajstić information content (AvgIpc) is 2.78. The molecule has 0 spiro atoms. The third-order valence-electron chi connectivity index (χ3n) is 3.66. The van der Waals surface area contributed by atoms with Gasteiger partial charge in [-0.3, -0.25) is 9.59 Å². The van der Waals surface area contributed by atoms with Gasteiger partial charge in [0.1, 0.15) is 11.9 Å². The predicted molar refractivity (Wildman–Crippen MR) is 78.2 cm³/mol. The Balaban J connectivity index is 2.19. The number of hydrogen-bond donors (Lipinski definition) is 1. The van der Waals surface area contributed by atoms with Crippen LogP contribution in [0.2, 0.25) is 0 Å². The van der Waals surface area contributed by atoms with E-state index in [1.54, 1.807) is 39.1 Å². The van der Waals surface area contributed by atoms with Gasteiger partial charge in [-0.2, -0.15) is 0 Å². The van der Waals surface area contributed by atoms with E-state index in [9.17, 15) is 14.0 Å². The van der Waals surface area contributed by atoms with Gasteiger partial charge in [-0.15, -0.1) is 0 Å². The molecule has 5 nitrogen and oxygen atoms in total. The van der Waals surface area contributed by atoms with Crippen LogP contribution in [0.3, 0.4) is 0 Å². The first-order valence-electron chi connectivity index (χ1n) is 6.85. The Labute approximate surface area is 123 Å². The van der Waals surface area contributed by atoms with Crippen LogP contribution in [0.5, 0.6) is 0 Å². The highest BCUT2D eigenvalue weighted by atomic mass is 19.1. The predicted octanol–water partition coefficient (Wildman–Crippen LogP) is 1.13. The molecule has 1 heterocycles.